The third-order valence-corrected chi connectivity index (χ3v) is 6.77. The van der Waals surface area contributed by atoms with Crippen molar-refractivity contribution < 1.29 is 50.8 Å². The molecule has 0 saturated carbocycles. The number of carbonyl (C=O) groups excluding carboxylic acids is 2. The molecule has 1 atom stereocenters. The molecule has 7 nitrogen and oxygen atoms in total. The van der Waals surface area contributed by atoms with E-state index in [1.807, 2.05) is 6.92 Å². The van der Waals surface area contributed by atoms with Crippen molar-refractivity contribution in [2.75, 3.05) is 33.5 Å². The van der Waals surface area contributed by atoms with Gasteiger partial charge in [0.2, 0.25) is 0 Å². The number of esters is 2. The number of ether oxygens (including phenoxy) is 5. The monoisotopic (exact) mass is 634 g/mol. The van der Waals surface area contributed by atoms with Crippen LogP contribution < -0.4 is 9.47 Å². The molecular weight excluding hydrogens is 596 g/mol. The molecule has 0 radical (unpaired) electrons. The van der Waals surface area contributed by atoms with E-state index in [4.69, 9.17) is 23.7 Å². The van der Waals surface area contributed by atoms with Crippen molar-refractivity contribution in [3.8, 4) is 22.6 Å². The summed E-state index contributed by atoms with van der Waals surface area (Å²) in [5.74, 6) is -4.00. The van der Waals surface area contributed by atoms with Gasteiger partial charge in [0.1, 0.15) is 11.3 Å². The summed E-state index contributed by atoms with van der Waals surface area (Å²) in [6.07, 6.45) is -5.14. The molecular formula is C34H38F4O7. The van der Waals surface area contributed by atoms with Crippen molar-refractivity contribution in [3.63, 3.8) is 0 Å². The maximum atomic E-state index is 15.9. The minimum Gasteiger partial charge on any atom is -0.490 e. The first-order chi connectivity index (χ1) is 21.7. The second-order valence-electron chi connectivity index (χ2n) is 10.1. The predicted octanol–water partition coefficient (Wildman–Crippen LogP) is 8.20. The number of methoxy groups -OCH3 is 1. The number of alkyl halides is 3. The van der Waals surface area contributed by atoms with Gasteiger partial charge in [0.25, 0.3) is 0 Å². The van der Waals surface area contributed by atoms with Crippen molar-refractivity contribution in [1.82, 2.24) is 0 Å². The number of carbonyl (C=O) groups is 2. The first kappa shape index (κ1) is 35.5. The van der Waals surface area contributed by atoms with Crippen molar-refractivity contribution in [3.05, 3.63) is 83.7 Å². The fourth-order valence-corrected chi connectivity index (χ4v) is 4.44. The molecule has 3 aromatic rings. The highest BCUT2D eigenvalue weighted by molar-refractivity contribution is 5.97. The highest BCUT2D eigenvalue weighted by atomic mass is 19.4. The Morgan fingerprint density at radius 2 is 1.47 bits per heavy atom. The molecule has 45 heavy (non-hydrogen) atoms. The van der Waals surface area contributed by atoms with Gasteiger partial charge >= 0.3 is 18.1 Å². The normalized spacial score (nSPS) is 12.0. The van der Waals surface area contributed by atoms with E-state index in [0.29, 0.717) is 56.6 Å². The Bertz CT molecular complexity index is 1360. The molecule has 0 aliphatic heterocycles. The van der Waals surface area contributed by atoms with Gasteiger partial charge < -0.3 is 23.7 Å². The number of benzene rings is 3. The van der Waals surface area contributed by atoms with E-state index in [1.165, 1.54) is 36.4 Å². The van der Waals surface area contributed by atoms with Crippen LogP contribution in [0.4, 0.5) is 17.6 Å². The first-order valence-electron chi connectivity index (χ1n) is 14.8. The second-order valence-corrected chi connectivity index (χ2v) is 10.1. The Kier molecular flexibility index (Phi) is 14.3. The van der Waals surface area contributed by atoms with Crippen LogP contribution in [-0.4, -0.2) is 57.8 Å². The van der Waals surface area contributed by atoms with Crippen LogP contribution in [0.1, 0.15) is 66.2 Å². The number of hydrogen-bond acceptors (Lipinski definition) is 7. The molecule has 0 aliphatic rings. The SMILES string of the molecule is CCOCCCCCC(OC(=O)c1ccccc1OC(=O)c1ccc(-c2ccccc2)c(OCCCCOC)c1F)C(F)(F)F. The zero-order valence-electron chi connectivity index (χ0n) is 25.4. The van der Waals surface area contributed by atoms with Crippen LogP contribution in [0, 0.1) is 5.82 Å². The molecule has 0 aromatic heterocycles. The minimum absolute atomic E-state index is 0.153. The summed E-state index contributed by atoms with van der Waals surface area (Å²) in [4.78, 5) is 26.1. The van der Waals surface area contributed by atoms with E-state index in [0.717, 1.165) is 0 Å². The number of hydrogen-bond donors (Lipinski definition) is 0. The third-order valence-electron chi connectivity index (χ3n) is 6.77. The molecule has 3 aromatic carbocycles. The molecule has 0 heterocycles. The largest absolute Gasteiger partial charge is 0.490 e. The van der Waals surface area contributed by atoms with Crippen LogP contribution in [0.15, 0.2) is 66.7 Å². The summed E-state index contributed by atoms with van der Waals surface area (Å²) in [5, 5.41) is 0. The van der Waals surface area contributed by atoms with Gasteiger partial charge in [-0.05, 0) is 68.9 Å². The van der Waals surface area contributed by atoms with Gasteiger partial charge in [-0.1, -0.05) is 48.9 Å². The molecule has 0 amide bonds. The molecule has 0 aliphatic carbocycles. The van der Waals surface area contributed by atoms with E-state index in [9.17, 15) is 22.8 Å². The first-order valence-corrected chi connectivity index (χ1v) is 14.8. The van der Waals surface area contributed by atoms with Gasteiger partial charge in [0.15, 0.2) is 17.7 Å². The Morgan fingerprint density at radius 3 is 2.18 bits per heavy atom. The predicted molar refractivity (Wildman–Crippen MR) is 160 cm³/mol. The summed E-state index contributed by atoms with van der Waals surface area (Å²) in [6, 6.07) is 16.8. The lowest BCUT2D eigenvalue weighted by Gasteiger charge is -2.21. The van der Waals surface area contributed by atoms with Crippen LogP contribution in [-0.2, 0) is 14.2 Å². The Morgan fingerprint density at radius 1 is 0.778 bits per heavy atom. The molecule has 1 unspecified atom stereocenters. The molecule has 0 N–H and O–H groups in total. The minimum atomic E-state index is -4.80. The van der Waals surface area contributed by atoms with Crippen molar-refractivity contribution in [1.29, 1.82) is 0 Å². The maximum Gasteiger partial charge on any atom is 0.425 e. The summed E-state index contributed by atoms with van der Waals surface area (Å²) >= 11 is 0. The number of para-hydroxylation sites is 1. The highest BCUT2D eigenvalue weighted by Crippen LogP contribution is 2.35. The second kappa shape index (κ2) is 18.1. The van der Waals surface area contributed by atoms with Crippen LogP contribution >= 0.6 is 0 Å². The average Bonchev–Trinajstić information content (AvgIpc) is 3.02. The lowest BCUT2D eigenvalue weighted by molar-refractivity contribution is -0.206. The van der Waals surface area contributed by atoms with E-state index in [-0.39, 0.29) is 24.5 Å². The zero-order valence-corrected chi connectivity index (χ0v) is 25.4. The fourth-order valence-electron chi connectivity index (χ4n) is 4.44. The molecule has 3 rings (SSSR count). The average molecular weight is 635 g/mol. The standard InChI is InChI=1S/C34H38F4O7/c1-3-42-22-11-5-8-18-29(34(36,37)38)45-32(39)26-16-9-10-17-28(26)44-33(40)27-20-19-25(24-14-6-4-7-15-24)31(30(27)35)43-23-13-12-21-41-2/h4,6-7,9-10,14-17,19-20,29H,3,5,8,11-13,18,21-23H2,1-2H3. The van der Waals surface area contributed by atoms with Crippen molar-refractivity contribution >= 4 is 11.9 Å². The third kappa shape index (κ3) is 10.9. The van der Waals surface area contributed by atoms with Gasteiger partial charge in [-0.15, -0.1) is 0 Å². The van der Waals surface area contributed by atoms with Gasteiger partial charge in [0, 0.05) is 32.5 Å². The Labute approximate surface area is 260 Å². The maximum absolute atomic E-state index is 15.9. The van der Waals surface area contributed by atoms with Gasteiger partial charge in [-0.2, -0.15) is 13.2 Å². The number of halogens is 4. The topological polar surface area (TPSA) is 80.3 Å². The molecule has 0 bridgehead atoms. The van der Waals surface area contributed by atoms with Gasteiger partial charge in [-0.3, -0.25) is 0 Å². The van der Waals surface area contributed by atoms with Crippen LogP contribution in [0.5, 0.6) is 11.5 Å². The number of rotatable bonds is 18. The summed E-state index contributed by atoms with van der Waals surface area (Å²) < 4.78 is 83.1. The zero-order chi connectivity index (χ0) is 32.7. The molecule has 0 spiro atoms. The smallest absolute Gasteiger partial charge is 0.425 e. The summed E-state index contributed by atoms with van der Waals surface area (Å²) in [5.41, 5.74) is 0.179. The number of unbranched alkanes of at least 4 members (excludes halogenated alkanes) is 3. The van der Waals surface area contributed by atoms with Crippen molar-refractivity contribution in [2.24, 2.45) is 0 Å². The van der Waals surface area contributed by atoms with Crippen LogP contribution in [0.25, 0.3) is 11.1 Å². The molecule has 0 saturated heterocycles. The molecule has 0 fully saturated rings. The van der Waals surface area contributed by atoms with Gasteiger partial charge in [-0.25, -0.2) is 14.0 Å². The van der Waals surface area contributed by atoms with Crippen molar-refractivity contribution in [2.45, 2.75) is 57.7 Å². The summed E-state index contributed by atoms with van der Waals surface area (Å²) in [7, 11) is 1.57. The van der Waals surface area contributed by atoms with E-state index < -0.39 is 47.6 Å². The van der Waals surface area contributed by atoms with Crippen LogP contribution in [0.3, 0.4) is 0 Å². The van der Waals surface area contributed by atoms with E-state index in [1.54, 1.807) is 37.4 Å². The summed E-state index contributed by atoms with van der Waals surface area (Å²) in [6.45, 7) is 3.43. The van der Waals surface area contributed by atoms with Crippen LogP contribution in [0.2, 0.25) is 0 Å². The molecule has 11 heteroatoms. The van der Waals surface area contributed by atoms with Gasteiger partial charge in [0.05, 0.1) is 12.2 Å². The Hall–Kier alpha value is -3.96. The van der Waals surface area contributed by atoms with E-state index in [2.05, 4.69) is 0 Å². The Balaban J connectivity index is 1.79. The lowest BCUT2D eigenvalue weighted by Crippen LogP contribution is -2.34. The lowest BCUT2D eigenvalue weighted by atomic mass is 10.0. The van der Waals surface area contributed by atoms with E-state index >= 15 is 4.39 Å². The fraction of sp³-hybridized carbons (Fsp3) is 0.412. The highest BCUT2D eigenvalue weighted by Gasteiger charge is 2.42. The quantitative estimate of drug-likeness (QED) is 0.0604. The molecule has 244 valence electrons.